The van der Waals surface area contributed by atoms with E-state index in [4.69, 9.17) is 0 Å². The van der Waals surface area contributed by atoms with Crippen LogP contribution in [0.1, 0.15) is 152 Å². The summed E-state index contributed by atoms with van der Waals surface area (Å²) in [7, 11) is 0. The number of carbonyl (C=O) groups is 2. The molecule has 2 aliphatic carbocycles. The molecule has 2 aromatic rings. The second-order valence-corrected chi connectivity index (χ2v) is 13.4. The van der Waals surface area contributed by atoms with E-state index in [1.165, 1.54) is 116 Å². The molecule has 2 N–H and O–H groups in total. The maximum atomic E-state index is 13.0. The summed E-state index contributed by atoms with van der Waals surface area (Å²) in [6.07, 6.45) is 29.0. The van der Waals surface area contributed by atoms with Crippen LogP contribution < -0.4 is 10.6 Å². The third-order valence-electron chi connectivity index (χ3n) is 9.64. The Labute approximate surface area is 256 Å². The fourth-order valence-electron chi connectivity index (χ4n) is 7.11. The minimum absolute atomic E-state index is 0.145. The highest BCUT2D eigenvalue weighted by atomic mass is 16.2. The SMILES string of the molecule is O=C(Cc1ccc2cc(CC(=O)NC3CCCCCCCCCCC3)ccc2c1)NC1CCCCCCCCCCC1. The van der Waals surface area contributed by atoms with Crippen LogP contribution in [-0.4, -0.2) is 23.9 Å². The highest BCUT2D eigenvalue weighted by Gasteiger charge is 2.15. The van der Waals surface area contributed by atoms with Gasteiger partial charge in [0, 0.05) is 12.1 Å². The summed E-state index contributed by atoms with van der Waals surface area (Å²) in [5.41, 5.74) is 2.11. The molecular weight excluding hydrogens is 516 g/mol. The van der Waals surface area contributed by atoms with Gasteiger partial charge in [-0.25, -0.2) is 0 Å². The van der Waals surface area contributed by atoms with Crippen molar-refractivity contribution in [1.82, 2.24) is 10.6 Å². The molecule has 2 aliphatic rings. The Kier molecular flexibility index (Phi) is 14.7. The molecule has 232 valence electrons. The van der Waals surface area contributed by atoms with Crippen LogP contribution in [0.15, 0.2) is 36.4 Å². The number of nitrogens with one attached hydrogen (secondary N) is 2. The van der Waals surface area contributed by atoms with Crippen molar-refractivity contribution in [2.75, 3.05) is 0 Å². The summed E-state index contributed by atoms with van der Waals surface area (Å²) >= 11 is 0. The van der Waals surface area contributed by atoms with E-state index >= 15 is 0 Å². The van der Waals surface area contributed by atoms with Gasteiger partial charge in [0.25, 0.3) is 0 Å². The fourth-order valence-corrected chi connectivity index (χ4v) is 7.11. The Morgan fingerprint density at radius 1 is 0.452 bits per heavy atom. The van der Waals surface area contributed by atoms with Gasteiger partial charge < -0.3 is 10.6 Å². The normalized spacial score (nSPS) is 19.9. The first-order valence-corrected chi connectivity index (χ1v) is 17.8. The van der Waals surface area contributed by atoms with Crippen molar-refractivity contribution in [3.8, 4) is 0 Å². The Hall–Kier alpha value is -2.36. The van der Waals surface area contributed by atoms with E-state index in [9.17, 15) is 9.59 Å². The average Bonchev–Trinajstić information content (AvgIpc) is 2.96. The molecule has 2 saturated carbocycles. The largest absolute Gasteiger partial charge is 0.353 e. The minimum Gasteiger partial charge on any atom is -0.353 e. The Balaban J connectivity index is 1.26. The molecule has 0 radical (unpaired) electrons. The molecule has 0 aromatic heterocycles. The molecule has 2 amide bonds. The maximum Gasteiger partial charge on any atom is 0.224 e. The molecule has 42 heavy (non-hydrogen) atoms. The van der Waals surface area contributed by atoms with Gasteiger partial charge in [-0.05, 0) is 47.6 Å². The molecule has 2 aromatic carbocycles. The van der Waals surface area contributed by atoms with Crippen LogP contribution in [0.4, 0.5) is 0 Å². The molecule has 4 nitrogen and oxygen atoms in total. The molecule has 0 spiro atoms. The number of fused-ring (bicyclic) bond motifs is 1. The lowest BCUT2D eigenvalue weighted by atomic mass is 9.97. The van der Waals surface area contributed by atoms with E-state index in [0.717, 1.165) is 47.6 Å². The monoisotopic (exact) mass is 574 g/mol. The average molecular weight is 575 g/mol. The van der Waals surface area contributed by atoms with Gasteiger partial charge in [-0.2, -0.15) is 0 Å². The van der Waals surface area contributed by atoms with E-state index in [0.29, 0.717) is 24.9 Å². The first-order chi connectivity index (χ1) is 20.7. The number of amides is 2. The van der Waals surface area contributed by atoms with Crippen LogP contribution in [0, 0.1) is 0 Å². The Morgan fingerprint density at radius 2 is 0.738 bits per heavy atom. The van der Waals surface area contributed by atoms with Crippen LogP contribution >= 0.6 is 0 Å². The van der Waals surface area contributed by atoms with E-state index in [1.54, 1.807) is 0 Å². The predicted octanol–water partition coefficient (Wildman–Crippen LogP) is 9.50. The summed E-state index contributed by atoms with van der Waals surface area (Å²) in [4.78, 5) is 26.0. The first kappa shape index (κ1) is 32.6. The van der Waals surface area contributed by atoms with Gasteiger partial charge in [-0.15, -0.1) is 0 Å². The molecule has 4 heteroatoms. The fraction of sp³-hybridized carbons (Fsp3) is 0.684. The van der Waals surface area contributed by atoms with E-state index in [-0.39, 0.29) is 11.8 Å². The van der Waals surface area contributed by atoms with Gasteiger partial charge in [-0.1, -0.05) is 152 Å². The molecule has 0 unspecified atom stereocenters. The lowest BCUT2D eigenvalue weighted by Gasteiger charge is -2.20. The third-order valence-corrected chi connectivity index (χ3v) is 9.64. The van der Waals surface area contributed by atoms with Crippen LogP contribution in [0.2, 0.25) is 0 Å². The van der Waals surface area contributed by atoms with Crippen LogP contribution in [-0.2, 0) is 22.4 Å². The predicted molar refractivity (Wildman–Crippen MR) is 177 cm³/mol. The lowest BCUT2D eigenvalue weighted by Crippen LogP contribution is -2.36. The topological polar surface area (TPSA) is 58.2 Å². The minimum atomic E-state index is 0.145. The van der Waals surface area contributed by atoms with Crippen molar-refractivity contribution in [3.63, 3.8) is 0 Å². The number of hydrogen-bond donors (Lipinski definition) is 2. The summed E-state index contributed by atoms with van der Waals surface area (Å²) in [6.45, 7) is 0. The standard InChI is InChI=1S/C38H58N2O2/c41-37(39-35-19-15-11-7-3-1-4-8-12-16-20-35)29-31-23-25-34-28-32(24-26-33(34)27-31)30-38(42)40-36-21-17-13-9-5-2-6-10-14-18-22-36/h23-28,35-36H,1-22,29-30H2,(H,39,41)(H,40,42). The van der Waals surface area contributed by atoms with Crippen molar-refractivity contribution in [2.24, 2.45) is 0 Å². The van der Waals surface area contributed by atoms with E-state index in [2.05, 4.69) is 47.0 Å². The highest BCUT2D eigenvalue weighted by Crippen LogP contribution is 2.21. The zero-order valence-electron chi connectivity index (χ0n) is 26.4. The van der Waals surface area contributed by atoms with Gasteiger partial charge in [-0.3, -0.25) is 9.59 Å². The van der Waals surface area contributed by atoms with Gasteiger partial charge in [0.05, 0.1) is 12.8 Å². The number of hydrogen-bond acceptors (Lipinski definition) is 2. The number of benzene rings is 2. The van der Waals surface area contributed by atoms with Crippen molar-refractivity contribution < 1.29 is 9.59 Å². The van der Waals surface area contributed by atoms with Crippen LogP contribution in [0.25, 0.3) is 10.8 Å². The van der Waals surface area contributed by atoms with Crippen molar-refractivity contribution >= 4 is 22.6 Å². The zero-order chi connectivity index (χ0) is 29.2. The molecule has 2 fully saturated rings. The third kappa shape index (κ3) is 12.5. The van der Waals surface area contributed by atoms with Crippen molar-refractivity contribution in [1.29, 1.82) is 0 Å². The summed E-state index contributed by atoms with van der Waals surface area (Å²) in [6, 6.07) is 13.3. The van der Waals surface area contributed by atoms with Gasteiger partial charge in [0.2, 0.25) is 11.8 Å². The van der Waals surface area contributed by atoms with Crippen molar-refractivity contribution in [2.45, 2.75) is 166 Å². The number of rotatable bonds is 6. The first-order valence-electron chi connectivity index (χ1n) is 17.8. The van der Waals surface area contributed by atoms with E-state index < -0.39 is 0 Å². The quantitative estimate of drug-likeness (QED) is 0.361. The van der Waals surface area contributed by atoms with Crippen LogP contribution in [0.5, 0.6) is 0 Å². The van der Waals surface area contributed by atoms with Gasteiger partial charge in [0.15, 0.2) is 0 Å². The van der Waals surface area contributed by atoms with Gasteiger partial charge in [0.1, 0.15) is 0 Å². The van der Waals surface area contributed by atoms with Gasteiger partial charge >= 0.3 is 0 Å². The van der Waals surface area contributed by atoms with Crippen LogP contribution in [0.3, 0.4) is 0 Å². The molecule has 0 saturated heterocycles. The molecule has 0 bridgehead atoms. The second kappa shape index (κ2) is 19.0. The Bertz CT molecular complexity index is 971. The summed E-state index contributed by atoms with van der Waals surface area (Å²) in [5.74, 6) is 0.290. The molecule has 0 heterocycles. The lowest BCUT2D eigenvalue weighted by molar-refractivity contribution is -0.122. The summed E-state index contributed by atoms with van der Waals surface area (Å²) < 4.78 is 0. The van der Waals surface area contributed by atoms with Crippen molar-refractivity contribution in [3.05, 3.63) is 47.5 Å². The smallest absolute Gasteiger partial charge is 0.224 e. The zero-order valence-corrected chi connectivity index (χ0v) is 26.4. The highest BCUT2D eigenvalue weighted by molar-refractivity contribution is 5.87. The second-order valence-electron chi connectivity index (χ2n) is 13.4. The number of carbonyl (C=O) groups excluding carboxylic acids is 2. The summed E-state index contributed by atoms with van der Waals surface area (Å²) in [5, 5.41) is 9.00. The molecule has 0 atom stereocenters. The molecular formula is C38H58N2O2. The molecule has 0 aliphatic heterocycles. The maximum absolute atomic E-state index is 13.0. The molecule has 4 rings (SSSR count). The van der Waals surface area contributed by atoms with E-state index in [1.807, 2.05) is 0 Å². The Morgan fingerprint density at radius 3 is 1.05 bits per heavy atom.